The molecule has 5 nitrogen and oxygen atoms in total. The molecule has 4 rings (SSSR count). The lowest BCUT2D eigenvalue weighted by molar-refractivity contribution is 0.0694. The number of ether oxygens (including phenoxy) is 1. The molecule has 1 aromatic heterocycles. The Morgan fingerprint density at radius 2 is 1.78 bits per heavy atom. The Morgan fingerprint density at radius 3 is 2.38 bits per heavy atom. The molecule has 1 N–H and O–H groups in total. The number of carbonyl (C=O) groups is 1. The maximum atomic E-state index is 12.4. The first-order valence-corrected chi connectivity index (χ1v) is 11.1. The van der Waals surface area contributed by atoms with Crippen LogP contribution in [0.25, 0.3) is 22.4 Å². The number of carboxylic acids is 1. The Kier molecular flexibility index (Phi) is 7.18. The monoisotopic (exact) mass is 433 g/mol. The van der Waals surface area contributed by atoms with Crippen LogP contribution in [0.15, 0.2) is 47.4 Å². The summed E-state index contributed by atoms with van der Waals surface area (Å²) in [6.07, 6.45) is 4.28. The molecule has 0 unspecified atom stereocenters. The van der Waals surface area contributed by atoms with Gasteiger partial charge < -0.3 is 14.4 Å². The molecule has 0 spiro atoms. The van der Waals surface area contributed by atoms with Crippen molar-refractivity contribution in [2.75, 3.05) is 7.11 Å². The quantitative estimate of drug-likeness (QED) is 0.570. The number of fused-ring (bicyclic) bond motifs is 3. The fourth-order valence-electron chi connectivity index (χ4n) is 4.34. The number of methoxy groups -OCH3 is 1. The number of aryl methyl sites for hydroxylation is 2. The van der Waals surface area contributed by atoms with Gasteiger partial charge in [0.1, 0.15) is 11.3 Å². The van der Waals surface area contributed by atoms with E-state index in [0.717, 1.165) is 52.1 Å². The number of rotatable bonds is 4. The van der Waals surface area contributed by atoms with E-state index in [2.05, 4.69) is 45.9 Å². The molecule has 32 heavy (non-hydrogen) atoms. The topological polar surface area (TPSA) is 68.5 Å². The molecule has 0 radical (unpaired) electrons. The van der Waals surface area contributed by atoms with Gasteiger partial charge in [0.05, 0.1) is 12.8 Å². The molecule has 5 heteroatoms. The van der Waals surface area contributed by atoms with Crippen LogP contribution in [0.3, 0.4) is 0 Å². The summed E-state index contributed by atoms with van der Waals surface area (Å²) in [6, 6.07) is 11.7. The number of hydrogen-bond acceptors (Lipinski definition) is 3. The Hall–Kier alpha value is -3.34. The Bertz CT molecular complexity index is 1210. The lowest BCUT2D eigenvalue weighted by atomic mass is 9.86. The SMILES string of the molecule is CCC.CCc1c2c(cc(-c3ccccc3C)c1OC)-c1cc(=O)c(C(=O)O)cn1CC2. The Labute approximate surface area is 189 Å². The molecule has 1 aliphatic heterocycles. The molecule has 3 aromatic rings. The van der Waals surface area contributed by atoms with Crippen molar-refractivity contribution < 1.29 is 14.6 Å². The van der Waals surface area contributed by atoms with Crippen molar-refractivity contribution in [3.05, 3.63) is 75.1 Å². The predicted molar refractivity (Wildman–Crippen MR) is 129 cm³/mol. The molecule has 1 aliphatic rings. The molecule has 0 fully saturated rings. The smallest absolute Gasteiger partial charge is 0.341 e. The van der Waals surface area contributed by atoms with Gasteiger partial charge in [-0.1, -0.05) is 51.5 Å². The summed E-state index contributed by atoms with van der Waals surface area (Å²) in [4.78, 5) is 23.8. The van der Waals surface area contributed by atoms with Gasteiger partial charge in [0.2, 0.25) is 0 Å². The second-order valence-electron chi connectivity index (χ2n) is 8.02. The first-order chi connectivity index (χ1) is 15.4. The summed E-state index contributed by atoms with van der Waals surface area (Å²) in [5.41, 5.74) is 6.60. The maximum Gasteiger partial charge on any atom is 0.341 e. The van der Waals surface area contributed by atoms with Crippen LogP contribution in [0.2, 0.25) is 0 Å². The standard InChI is InChI=1S/C24H23NO4.C3H8/c1-4-15-17-9-10-25-13-20(24(27)28)22(26)12-21(25)18(17)11-19(23(15)29-3)16-8-6-5-7-14(16)2;1-3-2/h5-8,11-13H,4,9-10H2,1-3H3,(H,27,28);3H2,1-2H3. The van der Waals surface area contributed by atoms with Gasteiger partial charge >= 0.3 is 5.97 Å². The number of aromatic carboxylic acids is 1. The largest absolute Gasteiger partial charge is 0.496 e. The van der Waals surface area contributed by atoms with E-state index in [9.17, 15) is 14.7 Å². The third-order valence-electron chi connectivity index (χ3n) is 5.73. The van der Waals surface area contributed by atoms with Crippen LogP contribution in [-0.2, 0) is 19.4 Å². The fraction of sp³-hybridized carbons (Fsp3) is 0.333. The molecular weight excluding hydrogens is 402 g/mol. The van der Waals surface area contributed by atoms with Crippen LogP contribution >= 0.6 is 0 Å². The third kappa shape index (κ3) is 4.20. The van der Waals surface area contributed by atoms with Crippen LogP contribution in [0.4, 0.5) is 0 Å². The minimum Gasteiger partial charge on any atom is -0.496 e. The second kappa shape index (κ2) is 9.86. The average molecular weight is 434 g/mol. The predicted octanol–water partition coefficient (Wildman–Crippen LogP) is 5.73. The van der Waals surface area contributed by atoms with E-state index in [1.165, 1.54) is 24.2 Å². The molecule has 168 valence electrons. The zero-order valence-corrected chi connectivity index (χ0v) is 19.5. The highest BCUT2D eigenvalue weighted by atomic mass is 16.5. The average Bonchev–Trinajstić information content (AvgIpc) is 2.78. The number of hydrogen-bond donors (Lipinski definition) is 1. The summed E-state index contributed by atoms with van der Waals surface area (Å²) >= 11 is 0. The fourth-order valence-corrected chi connectivity index (χ4v) is 4.34. The molecule has 0 aliphatic carbocycles. The van der Waals surface area contributed by atoms with Gasteiger partial charge in [-0.2, -0.15) is 0 Å². The lowest BCUT2D eigenvalue weighted by Crippen LogP contribution is -2.22. The zero-order valence-electron chi connectivity index (χ0n) is 19.5. The van der Waals surface area contributed by atoms with E-state index in [4.69, 9.17) is 4.74 Å². The normalized spacial score (nSPS) is 11.7. The Balaban J connectivity index is 0.000000913. The van der Waals surface area contributed by atoms with Gasteiger partial charge in [0.25, 0.3) is 0 Å². The number of pyridine rings is 1. The maximum absolute atomic E-state index is 12.4. The zero-order chi connectivity index (χ0) is 23.4. The van der Waals surface area contributed by atoms with Crippen LogP contribution in [0, 0.1) is 6.92 Å². The van der Waals surface area contributed by atoms with Crippen LogP contribution in [-0.4, -0.2) is 22.8 Å². The summed E-state index contributed by atoms with van der Waals surface area (Å²) in [7, 11) is 1.70. The van der Waals surface area contributed by atoms with Gasteiger partial charge in [0, 0.05) is 29.9 Å². The van der Waals surface area contributed by atoms with Crippen LogP contribution in [0.5, 0.6) is 5.75 Å². The van der Waals surface area contributed by atoms with Crippen molar-refractivity contribution >= 4 is 5.97 Å². The van der Waals surface area contributed by atoms with E-state index in [0.29, 0.717) is 6.54 Å². The van der Waals surface area contributed by atoms with E-state index < -0.39 is 11.4 Å². The highest BCUT2D eigenvalue weighted by molar-refractivity contribution is 5.88. The van der Waals surface area contributed by atoms with Gasteiger partial charge in [-0.3, -0.25) is 4.79 Å². The molecule has 0 saturated heterocycles. The minimum atomic E-state index is -1.19. The second-order valence-corrected chi connectivity index (χ2v) is 8.02. The molecule has 0 bridgehead atoms. The first-order valence-electron chi connectivity index (χ1n) is 11.1. The van der Waals surface area contributed by atoms with Crippen molar-refractivity contribution in [3.63, 3.8) is 0 Å². The molecule has 0 amide bonds. The van der Waals surface area contributed by atoms with Crippen molar-refractivity contribution in [1.82, 2.24) is 4.57 Å². The number of carboxylic acid groups (broad SMARTS) is 1. The van der Waals surface area contributed by atoms with Gasteiger partial charge in [0.15, 0.2) is 5.43 Å². The highest BCUT2D eigenvalue weighted by Gasteiger charge is 2.25. The van der Waals surface area contributed by atoms with Gasteiger partial charge in [-0.25, -0.2) is 4.79 Å². The van der Waals surface area contributed by atoms with Gasteiger partial charge in [-0.15, -0.1) is 0 Å². The highest BCUT2D eigenvalue weighted by Crippen LogP contribution is 2.43. The lowest BCUT2D eigenvalue weighted by Gasteiger charge is -2.28. The summed E-state index contributed by atoms with van der Waals surface area (Å²) in [5.74, 6) is -0.320. The summed E-state index contributed by atoms with van der Waals surface area (Å²) < 4.78 is 7.73. The first kappa shape index (κ1) is 23.3. The van der Waals surface area contributed by atoms with Crippen molar-refractivity contribution in [1.29, 1.82) is 0 Å². The van der Waals surface area contributed by atoms with Crippen LogP contribution in [0.1, 0.15) is 54.2 Å². The Morgan fingerprint density at radius 1 is 1.09 bits per heavy atom. The number of aromatic nitrogens is 1. The molecule has 2 heterocycles. The van der Waals surface area contributed by atoms with E-state index in [1.807, 2.05) is 16.7 Å². The number of nitrogens with zero attached hydrogens (tertiary/aromatic N) is 1. The summed E-state index contributed by atoms with van der Waals surface area (Å²) in [6.45, 7) is 9.05. The van der Waals surface area contributed by atoms with Gasteiger partial charge in [-0.05, 0) is 48.1 Å². The molecule has 0 atom stereocenters. The molecule has 0 saturated carbocycles. The third-order valence-corrected chi connectivity index (χ3v) is 5.73. The molecular formula is C27H31NO4. The van der Waals surface area contributed by atoms with Crippen LogP contribution < -0.4 is 10.2 Å². The number of benzene rings is 2. The van der Waals surface area contributed by atoms with Crippen molar-refractivity contribution in [2.24, 2.45) is 0 Å². The van der Waals surface area contributed by atoms with E-state index in [-0.39, 0.29) is 5.56 Å². The van der Waals surface area contributed by atoms with Crippen molar-refractivity contribution in [3.8, 4) is 28.1 Å². The van der Waals surface area contributed by atoms with Crippen molar-refractivity contribution in [2.45, 2.75) is 53.5 Å². The van der Waals surface area contributed by atoms with E-state index in [1.54, 1.807) is 7.11 Å². The minimum absolute atomic E-state index is 0.194. The molecule has 2 aromatic carbocycles. The summed E-state index contributed by atoms with van der Waals surface area (Å²) in [5, 5.41) is 9.31. The van der Waals surface area contributed by atoms with E-state index >= 15 is 0 Å².